The van der Waals surface area contributed by atoms with Gasteiger partial charge in [-0.2, -0.15) is 0 Å². The summed E-state index contributed by atoms with van der Waals surface area (Å²) in [5, 5.41) is 5.98. The van der Waals surface area contributed by atoms with Gasteiger partial charge in [-0.15, -0.1) is 0 Å². The van der Waals surface area contributed by atoms with E-state index in [9.17, 15) is 0 Å². The number of hydrogen-bond acceptors (Lipinski definition) is 2. The van der Waals surface area contributed by atoms with Crippen LogP contribution in [0.25, 0.3) is 88.5 Å². The number of rotatable bonds is 4. The average molecular weight is 613 g/mol. The Hall–Kier alpha value is -6.52. The first-order chi connectivity index (χ1) is 23.8. The summed E-state index contributed by atoms with van der Waals surface area (Å²) in [7, 11) is 0. The first-order valence-corrected chi connectivity index (χ1v) is 16.3. The zero-order chi connectivity index (χ0) is 31.6. The van der Waals surface area contributed by atoms with Crippen LogP contribution >= 0.6 is 0 Å². The van der Waals surface area contributed by atoms with Gasteiger partial charge in [-0.3, -0.25) is 0 Å². The lowest BCUT2D eigenvalue weighted by atomic mass is 10.0. The summed E-state index contributed by atoms with van der Waals surface area (Å²) in [6.45, 7) is 0. The fourth-order valence-electron chi connectivity index (χ4n) is 7.37. The van der Waals surface area contributed by atoms with Gasteiger partial charge in [0.2, 0.25) is 0 Å². The van der Waals surface area contributed by atoms with Crippen molar-refractivity contribution >= 4 is 54.5 Å². The van der Waals surface area contributed by atoms with E-state index in [1.165, 1.54) is 32.6 Å². The molecule has 0 aliphatic carbocycles. The van der Waals surface area contributed by atoms with Crippen LogP contribution < -0.4 is 0 Å². The molecule has 224 valence electrons. The van der Waals surface area contributed by atoms with Crippen LogP contribution in [0.3, 0.4) is 0 Å². The van der Waals surface area contributed by atoms with Crippen molar-refractivity contribution in [2.45, 2.75) is 0 Å². The van der Waals surface area contributed by atoms with E-state index in [0.717, 1.165) is 56.0 Å². The van der Waals surface area contributed by atoms with E-state index < -0.39 is 0 Å². The van der Waals surface area contributed by atoms with Gasteiger partial charge in [0, 0.05) is 49.4 Å². The summed E-state index contributed by atoms with van der Waals surface area (Å²) in [6, 6.07) is 60.1. The molecule has 0 aliphatic heterocycles. The molecule has 48 heavy (non-hydrogen) atoms. The van der Waals surface area contributed by atoms with Gasteiger partial charge in [0.25, 0.3) is 0 Å². The van der Waals surface area contributed by atoms with Gasteiger partial charge in [-0.25, -0.2) is 9.97 Å². The molecule has 0 unspecified atom stereocenters. The highest BCUT2D eigenvalue weighted by Crippen LogP contribution is 2.38. The third kappa shape index (κ3) is 4.03. The number of nitrogens with zero attached hydrogens (tertiary/aromatic N) is 4. The predicted molar refractivity (Wildman–Crippen MR) is 199 cm³/mol. The maximum Gasteiger partial charge on any atom is 0.160 e. The van der Waals surface area contributed by atoms with Crippen LogP contribution in [-0.4, -0.2) is 19.1 Å². The highest BCUT2D eigenvalue weighted by molar-refractivity contribution is 6.12. The van der Waals surface area contributed by atoms with Gasteiger partial charge >= 0.3 is 0 Å². The van der Waals surface area contributed by atoms with Crippen LogP contribution in [0.4, 0.5) is 0 Å². The van der Waals surface area contributed by atoms with E-state index in [1.807, 2.05) is 24.3 Å². The van der Waals surface area contributed by atoms with Crippen LogP contribution in [0.2, 0.25) is 0 Å². The molecule has 3 heterocycles. The number of para-hydroxylation sites is 3. The smallest absolute Gasteiger partial charge is 0.160 e. The van der Waals surface area contributed by atoms with Crippen molar-refractivity contribution in [2.24, 2.45) is 0 Å². The normalized spacial score (nSPS) is 11.8. The van der Waals surface area contributed by atoms with Crippen LogP contribution in [0, 0.1) is 0 Å². The van der Waals surface area contributed by atoms with Gasteiger partial charge in [-0.1, -0.05) is 115 Å². The topological polar surface area (TPSA) is 35.6 Å². The third-order valence-electron chi connectivity index (χ3n) is 9.51. The van der Waals surface area contributed by atoms with Crippen molar-refractivity contribution in [1.82, 2.24) is 19.1 Å². The Morgan fingerprint density at radius 2 is 0.812 bits per heavy atom. The molecule has 10 aromatic rings. The molecule has 0 radical (unpaired) electrons. The molecular weight excluding hydrogens is 585 g/mol. The first-order valence-electron chi connectivity index (χ1n) is 16.3. The summed E-state index contributed by atoms with van der Waals surface area (Å²) in [5.74, 6) is 0.720. The molecule has 7 aromatic carbocycles. The van der Waals surface area contributed by atoms with E-state index in [4.69, 9.17) is 9.97 Å². The molecular formula is C44H28N4. The predicted octanol–water partition coefficient (Wildman–Crippen LogP) is 11.2. The van der Waals surface area contributed by atoms with Crippen molar-refractivity contribution in [1.29, 1.82) is 0 Å². The van der Waals surface area contributed by atoms with Crippen LogP contribution in [0.15, 0.2) is 170 Å². The van der Waals surface area contributed by atoms with Crippen LogP contribution in [0.5, 0.6) is 0 Å². The van der Waals surface area contributed by atoms with E-state index in [-0.39, 0.29) is 0 Å². The van der Waals surface area contributed by atoms with Crippen molar-refractivity contribution in [2.75, 3.05) is 0 Å². The Kier molecular flexibility index (Phi) is 5.84. The summed E-state index contributed by atoms with van der Waals surface area (Å²) in [5.41, 5.74) is 10.9. The second kappa shape index (κ2) is 10.5. The van der Waals surface area contributed by atoms with E-state index >= 15 is 0 Å². The molecule has 0 spiro atoms. The summed E-state index contributed by atoms with van der Waals surface area (Å²) in [4.78, 5) is 10.2. The monoisotopic (exact) mass is 612 g/mol. The minimum Gasteiger partial charge on any atom is -0.309 e. The SMILES string of the molecule is c1ccc(-c2nc(-c3ccccc3)c3ccc(-n4c5ccccc5c5cc(-n6c7ccccc7c7ccccc76)ccc54)cc3n2)cc1. The largest absolute Gasteiger partial charge is 0.309 e. The maximum absolute atomic E-state index is 5.14. The average Bonchev–Trinajstić information content (AvgIpc) is 3.67. The zero-order valence-corrected chi connectivity index (χ0v) is 26.0. The lowest BCUT2D eigenvalue weighted by Gasteiger charge is -2.13. The fraction of sp³-hybridized carbons (Fsp3) is 0. The van der Waals surface area contributed by atoms with Gasteiger partial charge in [-0.05, 0) is 54.6 Å². The number of fused-ring (bicyclic) bond motifs is 7. The second-order valence-electron chi connectivity index (χ2n) is 12.3. The summed E-state index contributed by atoms with van der Waals surface area (Å²) in [6.07, 6.45) is 0. The maximum atomic E-state index is 5.14. The van der Waals surface area contributed by atoms with Crippen LogP contribution in [-0.2, 0) is 0 Å². The number of benzene rings is 7. The van der Waals surface area contributed by atoms with Crippen molar-refractivity contribution < 1.29 is 0 Å². The lowest BCUT2D eigenvalue weighted by molar-refractivity contribution is 1.16. The molecule has 0 atom stereocenters. The van der Waals surface area contributed by atoms with Gasteiger partial charge < -0.3 is 9.13 Å². The molecule has 4 heteroatoms. The second-order valence-corrected chi connectivity index (χ2v) is 12.3. The molecule has 0 amide bonds. The zero-order valence-electron chi connectivity index (χ0n) is 26.0. The van der Waals surface area contributed by atoms with E-state index in [0.29, 0.717) is 0 Å². The van der Waals surface area contributed by atoms with Gasteiger partial charge in [0.05, 0.1) is 33.3 Å². The lowest BCUT2D eigenvalue weighted by Crippen LogP contribution is -1.98. The van der Waals surface area contributed by atoms with E-state index in [2.05, 4.69) is 155 Å². The Morgan fingerprint density at radius 1 is 0.333 bits per heavy atom. The number of aromatic nitrogens is 4. The van der Waals surface area contributed by atoms with E-state index in [1.54, 1.807) is 0 Å². The Bertz CT molecular complexity index is 2770. The third-order valence-corrected chi connectivity index (χ3v) is 9.51. The van der Waals surface area contributed by atoms with Gasteiger partial charge in [0.15, 0.2) is 5.82 Å². The molecule has 10 rings (SSSR count). The quantitative estimate of drug-likeness (QED) is 0.198. The Morgan fingerprint density at radius 3 is 1.44 bits per heavy atom. The molecule has 0 saturated heterocycles. The first kappa shape index (κ1) is 26.7. The van der Waals surface area contributed by atoms with Crippen LogP contribution in [0.1, 0.15) is 0 Å². The molecule has 0 saturated carbocycles. The highest BCUT2D eigenvalue weighted by Gasteiger charge is 2.18. The Labute approximate surface area is 276 Å². The van der Waals surface area contributed by atoms with Crippen molar-refractivity contribution in [3.63, 3.8) is 0 Å². The molecule has 4 nitrogen and oxygen atoms in total. The van der Waals surface area contributed by atoms with Crippen molar-refractivity contribution in [3.8, 4) is 34.0 Å². The standard InChI is InChI=1S/C44H28N4/c1-3-13-29(14-4-1)43-36-25-23-32(28-38(36)45-44(46-43)30-15-5-2-6-16-30)48-41-22-12-9-19-35(41)37-27-31(24-26-42(37)48)47-39-20-10-7-17-33(39)34-18-8-11-21-40(34)47/h1-28H. The molecule has 0 N–H and O–H groups in total. The molecule has 0 aliphatic rings. The fourth-order valence-corrected chi connectivity index (χ4v) is 7.37. The summed E-state index contributed by atoms with van der Waals surface area (Å²) >= 11 is 0. The van der Waals surface area contributed by atoms with Crippen molar-refractivity contribution in [3.05, 3.63) is 170 Å². The minimum absolute atomic E-state index is 0.720. The molecule has 0 fully saturated rings. The highest BCUT2D eigenvalue weighted by atomic mass is 15.0. The van der Waals surface area contributed by atoms with Gasteiger partial charge in [0.1, 0.15) is 0 Å². The Balaban J connectivity index is 1.21. The summed E-state index contributed by atoms with van der Waals surface area (Å²) < 4.78 is 4.76. The molecule has 0 bridgehead atoms. The minimum atomic E-state index is 0.720. The number of hydrogen-bond donors (Lipinski definition) is 0. The molecule has 3 aromatic heterocycles.